The largest absolute Gasteiger partial charge is 0.394 e. The van der Waals surface area contributed by atoms with Crippen LogP contribution in [0.3, 0.4) is 0 Å². The number of aliphatic hydroxyl groups is 1. The molecule has 1 fully saturated rings. The van der Waals surface area contributed by atoms with Crippen LogP contribution >= 0.6 is 0 Å². The van der Waals surface area contributed by atoms with Crippen molar-refractivity contribution < 1.29 is 5.11 Å². The fourth-order valence-corrected chi connectivity index (χ4v) is 2.81. The van der Waals surface area contributed by atoms with Gasteiger partial charge >= 0.3 is 0 Å². The molecule has 1 unspecified atom stereocenters. The average molecular weight is 262 g/mol. The highest BCUT2D eigenvalue weighted by Crippen LogP contribution is 2.40. The first-order valence-electron chi connectivity index (χ1n) is 7.25. The molecule has 1 aromatic carbocycles. The number of likely N-dealkylation sites (N-methyl/N-ethyl adjacent to an activating group) is 2. The minimum atomic E-state index is -0.155. The number of aryl methyl sites for hydroxylation is 1. The van der Waals surface area contributed by atoms with E-state index < -0.39 is 0 Å². The number of hydrogen-bond acceptors (Lipinski definition) is 3. The summed E-state index contributed by atoms with van der Waals surface area (Å²) in [6, 6.07) is 8.71. The van der Waals surface area contributed by atoms with Crippen LogP contribution in [0.25, 0.3) is 0 Å². The SMILES string of the molecule is CCc1ccc(N(C)CC(CO)(NC)C2CC2)cc1. The predicted octanol–water partition coefficient (Wildman–Crippen LogP) is 2.05. The van der Waals surface area contributed by atoms with Gasteiger partial charge in [0.25, 0.3) is 0 Å². The highest BCUT2D eigenvalue weighted by Gasteiger charge is 2.44. The molecule has 0 aromatic heterocycles. The monoisotopic (exact) mass is 262 g/mol. The van der Waals surface area contributed by atoms with Gasteiger partial charge in [0, 0.05) is 19.3 Å². The molecular formula is C16H26N2O. The van der Waals surface area contributed by atoms with E-state index in [9.17, 15) is 5.11 Å². The van der Waals surface area contributed by atoms with Gasteiger partial charge in [-0.2, -0.15) is 0 Å². The lowest BCUT2D eigenvalue weighted by atomic mass is 9.93. The third kappa shape index (κ3) is 3.10. The van der Waals surface area contributed by atoms with Crippen molar-refractivity contribution in [2.45, 2.75) is 31.7 Å². The molecule has 1 atom stereocenters. The first kappa shape index (κ1) is 14.4. The Bertz CT molecular complexity index is 394. The number of rotatable bonds is 7. The maximum Gasteiger partial charge on any atom is 0.0633 e. The molecule has 1 aromatic rings. The van der Waals surface area contributed by atoms with Crippen molar-refractivity contribution in [3.05, 3.63) is 29.8 Å². The highest BCUT2D eigenvalue weighted by atomic mass is 16.3. The molecule has 1 saturated carbocycles. The van der Waals surface area contributed by atoms with Crippen molar-refractivity contribution in [2.75, 3.05) is 32.1 Å². The van der Waals surface area contributed by atoms with Gasteiger partial charge in [0.05, 0.1) is 12.1 Å². The Morgan fingerprint density at radius 3 is 2.37 bits per heavy atom. The number of hydrogen-bond donors (Lipinski definition) is 2. The second-order valence-corrected chi connectivity index (χ2v) is 5.71. The molecule has 106 valence electrons. The third-order valence-electron chi connectivity index (χ3n) is 4.44. The fourth-order valence-electron chi connectivity index (χ4n) is 2.81. The average Bonchev–Trinajstić information content (AvgIpc) is 3.30. The Morgan fingerprint density at radius 2 is 1.95 bits per heavy atom. The first-order chi connectivity index (χ1) is 9.15. The molecule has 1 aliphatic rings. The van der Waals surface area contributed by atoms with Gasteiger partial charge in [0.15, 0.2) is 0 Å². The number of aliphatic hydroxyl groups excluding tert-OH is 1. The molecule has 0 spiro atoms. The van der Waals surface area contributed by atoms with Gasteiger partial charge in [-0.15, -0.1) is 0 Å². The van der Waals surface area contributed by atoms with Crippen LogP contribution in [0.1, 0.15) is 25.3 Å². The standard InChI is InChI=1S/C16H26N2O/c1-4-13-5-9-15(10-6-13)18(3)11-16(12-19,17-2)14-7-8-14/h5-6,9-10,14,17,19H,4,7-8,11-12H2,1-3H3. The number of nitrogens with zero attached hydrogens (tertiary/aromatic N) is 1. The molecule has 0 saturated heterocycles. The minimum absolute atomic E-state index is 0.155. The lowest BCUT2D eigenvalue weighted by Gasteiger charge is -2.36. The van der Waals surface area contributed by atoms with Gasteiger partial charge in [-0.25, -0.2) is 0 Å². The zero-order valence-electron chi connectivity index (χ0n) is 12.3. The van der Waals surface area contributed by atoms with E-state index in [1.54, 1.807) is 0 Å². The fraction of sp³-hybridized carbons (Fsp3) is 0.625. The predicted molar refractivity (Wildman–Crippen MR) is 80.7 cm³/mol. The smallest absolute Gasteiger partial charge is 0.0633 e. The summed E-state index contributed by atoms with van der Waals surface area (Å²) in [5, 5.41) is 13.1. The Balaban J connectivity index is 2.07. The minimum Gasteiger partial charge on any atom is -0.394 e. The van der Waals surface area contributed by atoms with Crippen molar-refractivity contribution in [3.63, 3.8) is 0 Å². The van der Waals surface area contributed by atoms with Crippen LogP contribution < -0.4 is 10.2 Å². The summed E-state index contributed by atoms with van der Waals surface area (Å²) < 4.78 is 0. The molecular weight excluding hydrogens is 236 g/mol. The summed E-state index contributed by atoms with van der Waals surface area (Å²) >= 11 is 0. The topological polar surface area (TPSA) is 35.5 Å². The van der Waals surface area contributed by atoms with Crippen molar-refractivity contribution in [3.8, 4) is 0 Å². The van der Waals surface area contributed by atoms with E-state index in [1.807, 2.05) is 7.05 Å². The van der Waals surface area contributed by atoms with Gasteiger partial charge < -0.3 is 15.3 Å². The molecule has 3 nitrogen and oxygen atoms in total. The maximum absolute atomic E-state index is 9.78. The van der Waals surface area contributed by atoms with Gasteiger partial charge in [0.2, 0.25) is 0 Å². The Labute approximate surface area is 116 Å². The van der Waals surface area contributed by atoms with E-state index in [4.69, 9.17) is 0 Å². The summed E-state index contributed by atoms with van der Waals surface area (Å²) in [5.74, 6) is 0.611. The Kier molecular flexibility index (Phi) is 4.48. The number of benzene rings is 1. The van der Waals surface area contributed by atoms with Crippen LogP contribution in [-0.4, -0.2) is 37.9 Å². The summed E-state index contributed by atoms with van der Waals surface area (Å²) in [4.78, 5) is 2.24. The van der Waals surface area contributed by atoms with Gasteiger partial charge in [-0.3, -0.25) is 0 Å². The van der Waals surface area contributed by atoms with Crippen LogP contribution in [0.2, 0.25) is 0 Å². The number of nitrogens with one attached hydrogen (secondary N) is 1. The second-order valence-electron chi connectivity index (χ2n) is 5.71. The van der Waals surface area contributed by atoms with Crippen molar-refractivity contribution in [2.24, 2.45) is 5.92 Å². The Hall–Kier alpha value is -1.06. The van der Waals surface area contributed by atoms with E-state index in [0.717, 1.165) is 13.0 Å². The van der Waals surface area contributed by atoms with E-state index >= 15 is 0 Å². The lowest BCUT2D eigenvalue weighted by Crippen LogP contribution is -2.56. The molecule has 3 heteroatoms. The van der Waals surface area contributed by atoms with Gasteiger partial charge in [0.1, 0.15) is 0 Å². The second kappa shape index (κ2) is 5.93. The molecule has 2 N–H and O–H groups in total. The summed E-state index contributed by atoms with van der Waals surface area (Å²) in [6.45, 7) is 3.21. The maximum atomic E-state index is 9.78. The molecule has 0 bridgehead atoms. The first-order valence-corrected chi connectivity index (χ1v) is 7.25. The van der Waals surface area contributed by atoms with Crippen molar-refractivity contribution in [1.82, 2.24) is 5.32 Å². The molecule has 0 radical (unpaired) electrons. The van der Waals surface area contributed by atoms with E-state index in [0.29, 0.717) is 5.92 Å². The number of anilines is 1. The van der Waals surface area contributed by atoms with Gasteiger partial charge in [-0.05, 0) is 49.9 Å². The van der Waals surface area contributed by atoms with Crippen LogP contribution in [0.5, 0.6) is 0 Å². The Morgan fingerprint density at radius 1 is 1.32 bits per heavy atom. The third-order valence-corrected chi connectivity index (χ3v) is 4.44. The molecule has 19 heavy (non-hydrogen) atoms. The van der Waals surface area contributed by atoms with Crippen molar-refractivity contribution >= 4 is 5.69 Å². The molecule has 0 heterocycles. The van der Waals surface area contributed by atoms with Crippen LogP contribution in [0, 0.1) is 5.92 Å². The summed E-state index contributed by atoms with van der Waals surface area (Å²) in [7, 11) is 4.06. The zero-order valence-corrected chi connectivity index (χ0v) is 12.3. The van der Waals surface area contributed by atoms with Gasteiger partial charge in [-0.1, -0.05) is 19.1 Å². The summed E-state index contributed by atoms with van der Waals surface area (Å²) in [6.07, 6.45) is 3.52. The van der Waals surface area contributed by atoms with E-state index in [2.05, 4.69) is 48.5 Å². The molecule has 0 aliphatic heterocycles. The van der Waals surface area contributed by atoms with Crippen LogP contribution in [0.15, 0.2) is 24.3 Å². The zero-order chi connectivity index (χ0) is 13.9. The summed E-state index contributed by atoms with van der Waals surface area (Å²) in [5.41, 5.74) is 2.42. The van der Waals surface area contributed by atoms with Crippen molar-refractivity contribution in [1.29, 1.82) is 0 Å². The van der Waals surface area contributed by atoms with E-state index in [1.165, 1.54) is 24.1 Å². The van der Waals surface area contributed by atoms with Crippen LogP contribution in [0.4, 0.5) is 5.69 Å². The van der Waals surface area contributed by atoms with Crippen LogP contribution in [-0.2, 0) is 6.42 Å². The normalized spacial score (nSPS) is 18.1. The molecule has 1 aliphatic carbocycles. The molecule has 2 rings (SSSR count). The molecule has 0 amide bonds. The highest BCUT2D eigenvalue weighted by molar-refractivity contribution is 5.47. The quantitative estimate of drug-likeness (QED) is 0.789. The van der Waals surface area contributed by atoms with E-state index in [-0.39, 0.29) is 12.1 Å². The lowest BCUT2D eigenvalue weighted by molar-refractivity contribution is 0.153.